The Kier molecular flexibility index (Phi) is 4.25. The van der Waals surface area contributed by atoms with E-state index in [1.807, 2.05) is 12.1 Å². The summed E-state index contributed by atoms with van der Waals surface area (Å²) in [6.45, 7) is 8.03. The molecule has 1 amide bonds. The van der Waals surface area contributed by atoms with Gasteiger partial charge in [0, 0.05) is 12.2 Å². The van der Waals surface area contributed by atoms with Gasteiger partial charge in [0.25, 0.3) is 0 Å². The third-order valence-electron chi connectivity index (χ3n) is 4.31. The van der Waals surface area contributed by atoms with Crippen LogP contribution in [-0.2, 0) is 4.79 Å². The molecule has 1 fully saturated rings. The van der Waals surface area contributed by atoms with Crippen LogP contribution in [0.15, 0.2) is 18.2 Å². The monoisotopic (exact) mass is 260 g/mol. The van der Waals surface area contributed by atoms with Crippen molar-refractivity contribution in [2.75, 3.05) is 18.4 Å². The zero-order chi connectivity index (χ0) is 13.9. The second-order valence-corrected chi connectivity index (χ2v) is 5.66. The Labute approximate surface area is 115 Å². The van der Waals surface area contributed by atoms with Gasteiger partial charge < -0.3 is 10.6 Å². The molecule has 104 valence electrons. The minimum atomic E-state index is -0.217. The molecule has 1 aliphatic heterocycles. The Balaban J connectivity index is 2.17. The number of hydrogen-bond donors (Lipinski definition) is 2. The molecule has 2 N–H and O–H groups in total. The average Bonchev–Trinajstić information content (AvgIpc) is 2.85. The Morgan fingerprint density at radius 3 is 2.84 bits per heavy atom. The maximum absolute atomic E-state index is 12.6. The summed E-state index contributed by atoms with van der Waals surface area (Å²) in [4.78, 5) is 12.6. The molecule has 0 radical (unpaired) electrons. The van der Waals surface area contributed by atoms with Crippen molar-refractivity contribution in [3.05, 3.63) is 29.3 Å². The predicted molar refractivity (Wildman–Crippen MR) is 79.4 cm³/mol. The molecule has 1 atom stereocenters. The van der Waals surface area contributed by atoms with Crippen LogP contribution in [0.5, 0.6) is 0 Å². The van der Waals surface area contributed by atoms with E-state index < -0.39 is 0 Å². The van der Waals surface area contributed by atoms with Gasteiger partial charge in [0.15, 0.2) is 0 Å². The lowest BCUT2D eigenvalue weighted by Gasteiger charge is -2.27. The zero-order valence-electron chi connectivity index (χ0n) is 12.2. The molecule has 1 aromatic carbocycles. The average molecular weight is 260 g/mol. The lowest BCUT2D eigenvalue weighted by atomic mass is 9.81. The van der Waals surface area contributed by atoms with Crippen molar-refractivity contribution in [1.82, 2.24) is 5.32 Å². The summed E-state index contributed by atoms with van der Waals surface area (Å²) in [5.41, 5.74) is 3.11. The number of anilines is 1. The fraction of sp³-hybridized carbons (Fsp3) is 0.562. The maximum Gasteiger partial charge on any atom is 0.231 e. The molecule has 1 aromatic rings. The van der Waals surface area contributed by atoms with Gasteiger partial charge in [0.2, 0.25) is 5.91 Å². The first kappa shape index (κ1) is 14.1. The molecule has 0 saturated carbocycles. The molecule has 1 saturated heterocycles. The van der Waals surface area contributed by atoms with Gasteiger partial charge in [-0.25, -0.2) is 0 Å². The van der Waals surface area contributed by atoms with Crippen LogP contribution < -0.4 is 10.6 Å². The first-order chi connectivity index (χ1) is 9.09. The summed E-state index contributed by atoms with van der Waals surface area (Å²) in [7, 11) is 0. The van der Waals surface area contributed by atoms with Crippen LogP contribution in [0.2, 0.25) is 0 Å². The molecule has 0 bridgehead atoms. The number of benzene rings is 1. The number of aryl methyl sites for hydroxylation is 1. The molecule has 0 aliphatic carbocycles. The predicted octanol–water partition coefficient (Wildman–Crippen LogP) is 3.02. The van der Waals surface area contributed by atoms with Gasteiger partial charge in [-0.15, -0.1) is 0 Å². The van der Waals surface area contributed by atoms with Gasteiger partial charge in [-0.2, -0.15) is 0 Å². The second-order valence-electron chi connectivity index (χ2n) is 5.66. The van der Waals surface area contributed by atoms with Crippen molar-refractivity contribution in [2.45, 2.75) is 40.0 Å². The van der Waals surface area contributed by atoms with E-state index in [2.05, 4.69) is 37.5 Å². The van der Waals surface area contributed by atoms with Crippen LogP contribution in [0.25, 0.3) is 0 Å². The van der Waals surface area contributed by atoms with Gasteiger partial charge in [-0.3, -0.25) is 4.79 Å². The fourth-order valence-corrected chi connectivity index (χ4v) is 2.88. The van der Waals surface area contributed by atoms with Gasteiger partial charge in [0.05, 0.1) is 5.41 Å². The third-order valence-corrected chi connectivity index (χ3v) is 4.31. The van der Waals surface area contributed by atoms with Crippen molar-refractivity contribution in [2.24, 2.45) is 5.41 Å². The topological polar surface area (TPSA) is 41.1 Å². The summed E-state index contributed by atoms with van der Waals surface area (Å²) < 4.78 is 0. The quantitative estimate of drug-likeness (QED) is 0.873. The highest BCUT2D eigenvalue weighted by Gasteiger charge is 2.40. The first-order valence-electron chi connectivity index (χ1n) is 7.17. The molecule has 3 heteroatoms. The van der Waals surface area contributed by atoms with E-state index >= 15 is 0 Å². The Hall–Kier alpha value is -1.35. The van der Waals surface area contributed by atoms with Crippen LogP contribution >= 0.6 is 0 Å². The summed E-state index contributed by atoms with van der Waals surface area (Å²) in [5.74, 6) is 0.174. The number of rotatable bonds is 4. The van der Waals surface area contributed by atoms with Crippen molar-refractivity contribution in [3.63, 3.8) is 0 Å². The maximum atomic E-state index is 12.6. The number of hydrogen-bond acceptors (Lipinski definition) is 2. The second kappa shape index (κ2) is 5.74. The van der Waals surface area contributed by atoms with Crippen molar-refractivity contribution in [1.29, 1.82) is 0 Å². The van der Waals surface area contributed by atoms with E-state index in [0.717, 1.165) is 43.6 Å². The number of carbonyl (C=O) groups excluding carboxylic acids is 1. The van der Waals surface area contributed by atoms with E-state index in [9.17, 15) is 4.79 Å². The smallest absolute Gasteiger partial charge is 0.231 e. The van der Waals surface area contributed by atoms with Crippen molar-refractivity contribution in [3.8, 4) is 0 Å². The lowest BCUT2D eigenvalue weighted by molar-refractivity contribution is -0.125. The normalized spacial score (nSPS) is 22.5. The summed E-state index contributed by atoms with van der Waals surface area (Å²) in [5, 5.41) is 6.47. The standard InChI is InChI=1S/C16H24N2O/c1-4-8-16(9-10-17-11-16)15(19)18-14-7-5-6-12(2)13(14)3/h5-7,17H,4,8-11H2,1-3H3,(H,18,19). The first-order valence-corrected chi connectivity index (χ1v) is 7.17. The highest BCUT2D eigenvalue weighted by Crippen LogP contribution is 2.33. The molecule has 19 heavy (non-hydrogen) atoms. The van der Waals surface area contributed by atoms with Gasteiger partial charge in [-0.1, -0.05) is 25.5 Å². The summed E-state index contributed by atoms with van der Waals surface area (Å²) in [6, 6.07) is 6.06. The van der Waals surface area contributed by atoms with Crippen LogP contribution in [0.1, 0.15) is 37.3 Å². The lowest BCUT2D eigenvalue weighted by Crippen LogP contribution is -2.38. The van der Waals surface area contributed by atoms with E-state index in [1.54, 1.807) is 0 Å². The molecule has 1 unspecified atom stereocenters. The Morgan fingerprint density at radius 1 is 1.42 bits per heavy atom. The molecule has 0 aromatic heterocycles. The van der Waals surface area contributed by atoms with E-state index in [-0.39, 0.29) is 11.3 Å². The molecule has 1 aliphatic rings. The minimum Gasteiger partial charge on any atom is -0.325 e. The van der Waals surface area contributed by atoms with Crippen LogP contribution in [0.4, 0.5) is 5.69 Å². The van der Waals surface area contributed by atoms with Crippen LogP contribution in [-0.4, -0.2) is 19.0 Å². The molecular weight excluding hydrogens is 236 g/mol. The minimum absolute atomic E-state index is 0.174. The number of carbonyl (C=O) groups is 1. The zero-order valence-corrected chi connectivity index (χ0v) is 12.2. The van der Waals surface area contributed by atoms with E-state index in [1.165, 1.54) is 5.56 Å². The Bertz CT molecular complexity index is 462. The SMILES string of the molecule is CCCC1(C(=O)Nc2cccc(C)c2C)CCNC1. The van der Waals surface area contributed by atoms with E-state index in [0.29, 0.717) is 0 Å². The Morgan fingerprint density at radius 2 is 2.21 bits per heavy atom. The molecule has 2 rings (SSSR count). The van der Waals surface area contributed by atoms with Gasteiger partial charge in [0.1, 0.15) is 0 Å². The van der Waals surface area contributed by atoms with Gasteiger partial charge in [-0.05, 0) is 50.4 Å². The van der Waals surface area contributed by atoms with Crippen LogP contribution in [0.3, 0.4) is 0 Å². The largest absolute Gasteiger partial charge is 0.325 e. The van der Waals surface area contributed by atoms with E-state index in [4.69, 9.17) is 0 Å². The molecule has 3 nitrogen and oxygen atoms in total. The summed E-state index contributed by atoms with van der Waals surface area (Å²) >= 11 is 0. The van der Waals surface area contributed by atoms with Crippen LogP contribution in [0, 0.1) is 19.3 Å². The summed E-state index contributed by atoms with van der Waals surface area (Å²) in [6.07, 6.45) is 2.94. The molecule has 1 heterocycles. The van der Waals surface area contributed by atoms with Crippen molar-refractivity contribution < 1.29 is 4.79 Å². The highest BCUT2D eigenvalue weighted by molar-refractivity contribution is 5.96. The van der Waals surface area contributed by atoms with Gasteiger partial charge >= 0.3 is 0 Å². The van der Waals surface area contributed by atoms with Crippen molar-refractivity contribution >= 4 is 11.6 Å². The third kappa shape index (κ3) is 2.81. The number of amides is 1. The molecule has 0 spiro atoms. The highest BCUT2D eigenvalue weighted by atomic mass is 16.2. The fourth-order valence-electron chi connectivity index (χ4n) is 2.88. The number of nitrogens with one attached hydrogen (secondary N) is 2. The molecular formula is C16H24N2O.